The van der Waals surface area contributed by atoms with E-state index < -0.39 is 5.97 Å². The molecule has 5 nitrogen and oxygen atoms in total. The van der Waals surface area contributed by atoms with E-state index in [9.17, 15) is 9.18 Å². The van der Waals surface area contributed by atoms with Crippen molar-refractivity contribution < 1.29 is 18.7 Å². The second kappa shape index (κ2) is 7.70. The van der Waals surface area contributed by atoms with Gasteiger partial charge in [-0.05, 0) is 24.3 Å². The van der Waals surface area contributed by atoms with Crippen LogP contribution in [-0.4, -0.2) is 37.3 Å². The molecule has 1 fully saturated rings. The van der Waals surface area contributed by atoms with Crippen LogP contribution in [0.15, 0.2) is 36.5 Å². The molecule has 2 heterocycles. The molecule has 1 aliphatic heterocycles. The molecule has 1 saturated heterocycles. The Morgan fingerprint density at radius 1 is 1.28 bits per heavy atom. The van der Waals surface area contributed by atoms with Crippen molar-refractivity contribution in [2.24, 2.45) is 0 Å². The number of aromatic nitrogens is 1. The van der Waals surface area contributed by atoms with E-state index in [1.54, 1.807) is 12.1 Å². The average Bonchev–Trinajstić information content (AvgIpc) is 2.65. The Labute approximate surface area is 150 Å². The Kier molecular flexibility index (Phi) is 5.38. The van der Waals surface area contributed by atoms with Gasteiger partial charge in [0, 0.05) is 38.2 Å². The first kappa shape index (κ1) is 17.5. The summed E-state index contributed by atoms with van der Waals surface area (Å²) >= 11 is 6.04. The number of carbonyl (C=O) groups excluding carboxylic acids is 1. The van der Waals surface area contributed by atoms with E-state index >= 15 is 0 Å². The van der Waals surface area contributed by atoms with Gasteiger partial charge in [0.25, 0.3) is 0 Å². The molecule has 0 atom stereocenters. The van der Waals surface area contributed by atoms with Crippen LogP contribution in [0.25, 0.3) is 0 Å². The van der Waals surface area contributed by atoms with Crippen molar-refractivity contribution in [2.45, 2.75) is 18.9 Å². The van der Waals surface area contributed by atoms with Crippen molar-refractivity contribution in [3.8, 4) is 5.75 Å². The minimum absolute atomic E-state index is 0.0232. The highest BCUT2D eigenvalue weighted by atomic mass is 35.5. The van der Waals surface area contributed by atoms with Crippen molar-refractivity contribution in [2.75, 3.05) is 25.1 Å². The number of hydrogen-bond donors (Lipinski definition) is 0. The number of ether oxygens (including phenoxy) is 2. The van der Waals surface area contributed by atoms with E-state index in [-0.39, 0.29) is 11.9 Å². The van der Waals surface area contributed by atoms with E-state index in [2.05, 4.69) is 14.6 Å². The lowest BCUT2D eigenvalue weighted by atomic mass is 10.1. The van der Waals surface area contributed by atoms with Gasteiger partial charge in [0.2, 0.25) is 0 Å². The Hall–Kier alpha value is -2.34. The van der Waals surface area contributed by atoms with Gasteiger partial charge in [-0.1, -0.05) is 11.6 Å². The van der Waals surface area contributed by atoms with E-state index in [0.717, 1.165) is 31.7 Å². The molecule has 0 aliphatic carbocycles. The highest BCUT2D eigenvalue weighted by Crippen LogP contribution is 2.28. The Morgan fingerprint density at radius 3 is 2.68 bits per heavy atom. The first-order chi connectivity index (χ1) is 12.1. The van der Waals surface area contributed by atoms with Crippen LogP contribution in [0.4, 0.5) is 10.2 Å². The molecule has 1 aromatic carbocycles. The maximum atomic E-state index is 13.3. The zero-order valence-corrected chi connectivity index (χ0v) is 14.5. The zero-order valence-electron chi connectivity index (χ0n) is 13.7. The third kappa shape index (κ3) is 4.20. The first-order valence-corrected chi connectivity index (χ1v) is 8.35. The van der Waals surface area contributed by atoms with Crippen molar-refractivity contribution in [1.82, 2.24) is 4.98 Å². The van der Waals surface area contributed by atoms with E-state index in [0.29, 0.717) is 16.3 Å². The van der Waals surface area contributed by atoms with Gasteiger partial charge in [0.05, 0.1) is 17.7 Å². The number of hydrogen-bond acceptors (Lipinski definition) is 5. The molecule has 2 aromatic rings. The third-order valence-corrected chi connectivity index (χ3v) is 4.43. The summed E-state index contributed by atoms with van der Waals surface area (Å²) in [6, 6.07) is 7.61. The maximum absolute atomic E-state index is 13.3. The van der Waals surface area contributed by atoms with E-state index in [1.165, 1.54) is 31.5 Å². The number of anilines is 1. The number of benzene rings is 1. The lowest BCUT2D eigenvalue weighted by Gasteiger charge is -2.33. The number of halogens is 2. The third-order valence-electron chi connectivity index (χ3n) is 4.12. The van der Waals surface area contributed by atoms with Crippen LogP contribution in [0.5, 0.6) is 5.75 Å². The number of pyridine rings is 1. The summed E-state index contributed by atoms with van der Waals surface area (Å²) in [5.74, 6) is 0.403. The molecule has 0 radical (unpaired) electrons. The number of piperidine rings is 1. The van der Waals surface area contributed by atoms with Crippen LogP contribution >= 0.6 is 11.6 Å². The molecule has 3 rings (SSSR count). The van der Waals surface area contributed by atoms with Crippen LogP contribution in [-0.2, 0) is 4.74 Å². The number of rotatable bonds is 4. The Bertz CT molecular complexity index is 746. The van der Waals surface area contributed by atoms with Crippen LogP contribution in [0, 0.1) is 5.82 Å². The van der Waals surface area contributed by atoms with Crippen molar-refractivity contribution in [3.05, 3.63) is 52.9 Å². The van der Waals surface area contributed by atoms with Gasteiger partial charge in [0.1, 0.15) is 23.5 Å². The molecule has 132 valence electrons. The van der Waals surface area contributed by atoms with E-state index in [1.807, 2.05) is 0 Å². The van der Waals surface area contributed by atoms with Gasteiger partial charge in [-0.15, -0.1) is 0 Å². The lowest BCUT2D eigenvalue weighted by Crippen LogP contribution is -2.38. The largest absolute Gasteiger partial charge is 0.489 e. The van der Waals surface area contributed by atoms with Crippen LogP contribution in [0.2, 0.25) is 5.02 Å². The minimum Gasteiger partial charge on any atom is -0.489 e. The van der Waals surface area contributed by atoms with Gasteiger partial charge in [0.15, 0.2) is 0 Å². The summed E-state index contributed by atoms with van der Waals surface area (Å²) in [4.78, 5) is 17.9. The predicted molar refractivity (Wildman–Crippen MR) is 92.8 cm³/mol. The topological polar surface area (TPSA) is 51.7 Å². The molecule has 7 heteroatoms. The first-order valence-electron chi connectivity index (χ1n) is 7.98. The number of esters is 1. The Balaban J connectivity index is 1.58. The minimum atomic E-state index is -0.405. The zero-order chi connectivity index (χ0) is 17.8. The van der Waals surface area contributed by atoms with Crippen molar-refractivity contribution in [3.63, 3.8) is 0 Å². The second-order valence-electron chi connectivity index (χ2n) is 5.78. The van der Waals surface area contributed by atoms with Gasteiger partial charge in [-0.25, -0.2) is 14.2 Å². The van der Waals surface area contributed by atoms with Gasteiger partial charge in [-0.3, -0.25) is 0 Å². The van der Waals surface area contributed by atoms with Crippen molar-refractivity contribution in [1.29, 1.82) is 0 Å². The summed E-state index contributed by atoms with van der Waals surface area (Å²) < 4.78 is 23.8. The predicted octanol–water partition coefficient (Wildman–Crippen LogP) is 3.71. The molecule has 1 aromatic heterocycles. The quantitative estimate of drug-likeness (QED) is 0.774. The molecule has 0 amide bonds. The van der Waals surface area contributed by atoms with Crippen LogP contribution in [0.3, 0.4) is 0 Å². The summed E-state index contributed by atoms with van der Waals surface area (Å²) in [6.07, 6.45) is 3.03. The molecule has 25 heavy (non-hydrogen) atoms. The van der Waals surface area contributed by atoms with E-state index in [4.69, 9.17) is 16.3 Å². The Morgan fingerprint density at radius 2 is 2.04 bits per heavy atom. The fourth-order valence-electron chi connectivity index (χ4n) is 2.76. The summed E-state index contributed by atoms with van der Waals surface area (Å²) in [6.45, 7) is 1.50. The standard InChI is InChI=1S/C18H18ClFN2O3/c1-24-18(23)12-2-5-17(21-11-12)22-8-6-14(7-9-22)25-16-10-13(20)3-4-15(16)19/h2-5,10-11,14H,6-9H2,1H3. The molecule has 0 bridgehead atoms. The fraction of sp³-hybridized carbons (Fsp3) is 0.333. The number of carbonyl (C=O) groups is 1. The van der Waals surface area contributed by atoms with Gasteiger partial charge in [-0.2, -0.15) is 0 Å². The molecule has 0 unspecified atom stereocenters. The van der Waals surface area contributed by atoms with Crippen LogP contribution in [0.1, 0.15) is 23.2 Å². The normalized spacial score (nSPS) is 15.1. The van der Waals surface area contributed by atoms with Crippen LogP contribution < -0.4 is 9.64 Å². The molecular formula is C18H18ClFN2O3. The number of methoxy groups -OCH3 is 1. The SMILES string of the molecule is COC(=O)c1ccc(N2CCC(Oc3cc(F)ccc3Cl)CC2)nc1. The smallest absolute Gasteiger partial charge is 0.339 e. The molecule has 0 N–H and O–H groups in total. The molecule has 0 spiro atoms. The molecule has 1 aliphatic rings. The van der Waals surface area contributed by atoms with Gasteiger partial charge >= 0.3 is 5.97 Å². The lowest BCUT2D eigenvalue weighted by molar-refractivity contribution is 0.0600. The summed E-state index contributed by atoms with van der Waals surface area (Å²) in [7, 11) is 1.34. The fourth-order valence-corrected chi connectivity index (χ4v) is 2.92. The number of nitrogens with zero attached hydrogens (tertiary/aromatic N) is 2. The van der Waals surface area contributed by atoms with Gasteiger partial charge < -0.3 is 14.4 Å². The average molecular weight is 365 g/mol. The summed E-state index contributed by atoms with van der Waals surface area (Å²) in [5, 5.41) is 0.406. The maximum Gasteiger partial charge on any atom is 0.339 e. The summed E-state index contributed by atoms with van der Waals surface area (Å²) in [5.41, 5.74) is 0.421. The highest BCUT2D eigenvalue weighted by Gasteiger charge is 2.22. The molecular weight excluding hydrogens is 347 g/mol. The molecule has 0 saturated carbocycles. The highest BCUT2D eigenvalue weighted by molar-refractivity contribution is 6.32. The van der Waals surface area contributed by atoms with Crippen molar-refractivity contribution >= 4 is 23.4 Å². The monoisotopic (exact) mass is 364 g/mol. The second-order valence-corrected chi connectivity index (χ2v) is 6.18.